The lowest BCUT2D eigenvalue weighted by atomic mass is 9.85. The van der Waals surface area contributed by atoms with Gasteiger partial charge in [0.15, 0.2) is 17.3 Å². The first-order valence-corrected chi connectivity index (χ1v) is 13.9. The first kappa shape index (κ1) is 30.9. The Labute approximate surface area is 237 Å². The van der Waals surface area contributed by atoms with Crippen LogP contribution in [0.3, 0.4) is 0 Å². The van der Waals surface area contributed by atoms with E-state index in [1.54, 1.807) is 35.1 Å². The van der Waals surface area contributed by atoms with E-state index in [0.29, 0.717) is 35.6 Å². The Balaban J connectivity index is 1.83. The van der Waals surface area contributed by atoms with Crippen molar-refractivity contribution in [2.75, 3.05) is 39.3 Å². The third-order valence-corrected chi connectivity index (χ3v) is 7.48. The highest BCUT2D eigenvalue weighted by atomic mass is 16.5. The van der Waals surface area contributed by atoms with E-state index in [2.05, 4.69) is 15.5 Å². The average molecular weight is 553 g/mol. The molecule has 0 aliphatic carbocycles. The molecule has 218 valence electrons. The van der Waals surface area contributed by atoms with Crippen molar-refractivity contribution in [2.24, 2.45) is 5.92 Å². The number of carbonyl (C=O) groups excluding carboxylic acids is 2. The maximum Gasteiger partial charge on any atom is 0.314 e. The second kappa shape index (κ2) is 13.7. The van der Waals surface area contributed by atoms with Gasteiger partial charge in [0, 0.05) is 48.9 Å². The maximum absolute atomic E-state index is 12.7. The van der Waals surface area contributed by atoms with Crippen molar-refractivity contribution in [3.05, 3.63) is 53.1 Å². The molecule has 0 radical (unpaired) electrons. The van der Waals surface area contributed by atoms with Crippen molar-refractivity contribution < 1.29 is 24.2 Å². The Morgan fingerprint density at radius 1 is 1.07 bits per heavy atom. The highest BCUT2D eigenvalue weighted by molar-refractivity contribution is 6.12. The lowest BCUT2D eigenvalue weighted by Gasteiger charge is -2.31. The van der Waals surface area contributed by atoms with Crippen molar-refractivity contribution in [3.8, 4) is 11.5 Å². The molecule has 0 spiro atoms. The van der Waals surface area contributed by atoms with Crippen LogP contribution in [0, 0.1) is 11.3 Å². The number of methoxy groups -OCH3 is 2. The van der Waals surface area contributed by atoms with Crippen LogP contribution in [0.5, 0.6) is 11.5 Å². The Kier molecular flexibility index (Phi) is 10.6. The van der Waals surface area contributed by atoms with E-state index in [1.165, 1.54) is 0 Å². The number of Topliss-reactive ketones (excluding diaryl/α,β-unsaturated/α-hetero) is 1. The van der Waals surface area contributed by atoms with E-state index >= 15 is 0 Å². The minimum atomic E-state index is -1.31. The van der Waals surface area contributed by atoms with Gasteiger partial charge in [-0.1, -0.05) is 18.6 Å². The van der Waals surface area contributed by atoms with Gasteiger partial charge < -0.3 is 30.1 Å². The fourth-order valence-electron chi connectivity index (χ4n) is 5.28. The quantitative estimate of drug-likeness (QED) is 0.326. The molecule has 9 heteroatoms. The first-order chi connectivity index (χ1) is 19.0. The molecule has 0 bridgehead atoms. The molecule has 0 saturated carbocycles. The zero-order valence-electron chi connectivity index (χ0n) is 24.6. The molecule has 1 aliphatic heterocycles. The van der Waals surface area contributed by atoms with E-state index in [4.69, 9.17) is 14.9 Å². The number of rotatable bonds is 10. The standard InChI is InChI=1S/C31H44N4O5/c1-20(34-30(37)33-4)17-23-18-26(39-5)27(40-6)19-25(23)28(32)21-10-12-24(13-11-21)35-15-8-7-9-22(14-16-35)29(36)31(2,3)38/h10-13,18-20,22,32,38H,7-9,14-17H2,1-6H3,(H2,33,34,37). The summed E-state index contributed by atoms with van der Waals surface area (Å²) in [5.74, 6) is 0.878. The van der Waals surface area contributed by atoms with Crippen molar-refractivity contribution in [3.63, 3.8) is 0 Å². The number of anilines is 1. The minimum absolute atomic E-state index is 0.0799. The number of ketones is 1. The molecule has 2 unspecified atom stereocenters. The molecule has 1 aliphatic rings. The van der Waals surface area contributed by atoms with E-state index in [1.807, 2.05) is 43.3 Å². The van der Waals surface area contributed by atoms with Crippen LogP contribution in [0.4, 0.5) is 10.5 Å². The highest BCUT2D eigenvalue weighted by Gasteiger charge is 2.32. The largest absolute Gasteiger partial charge is 0.493 e. The molecule has 2 amide bonds. The van der Waals surface area contributed by atoms with Crippen LogP contribution >= 0.6 is 0 Å². The molecule has 1 saturated heterocycles. The normalized spacial score (nSPS) is 16.8. The molecule has 3 rings (SSSR count). The summed E-state index contributed by atoms with van der Waals surface area (Å²) in [4.78, 5) is 26.8. The van der Waals surface area contributed by atoms with Crippen molar-refractivity contribution in [1.29, 1.82) is 5.41 Å². The lowest BCUT2D eigenvalue weighted by Crippen LogP contribution is -2.40. The maximum atomic E-state index is 12.7. The molecule has 2 atom stereocenters. The van der Waals surface area contributed by atoms with Crippen molar-refractivity contribution >= 4 is 23.2 Å². The first-order valence-electron chi connectivity index (χ1n) is 13.9. The molecule has 0 aromatic heterocycles. The van der Waals surface area contributed by atoms with E-state index in [9.17, 15) is 14.7 Å². The van der Waals surface area contributed by atoms with Gasteiger partial charge in [-0.05, 0) is 76.3 Å². The number of nitrogens with one attached hydrogen (secondary N) is 3. The molecule has 9 nitrogen and oxygen atoms in total. The second-order valence-electron chi connectivity index (χ2n) is 11.0. The SMILES string of the molecule is CNC(=O)NC(C)Cc1cc(OC)c(OC)cc1C(=N)c1ccc(N2CCCCC(C(=O)C(C)(C)O)CC2)cc1. The summed E-state index contributed by atoms with van der Waals surface area (Å²) < 4.78 is 11.0. The topological polar surface area (TPSA) is 124 Å². The number of nitrogens with zero attached hydrogens (tertiary/aromatic N) is 1. The van der Waals surface area contributed by atoms with Crippen LogP contribution in [-0.2, 0) is 11.2 Å². The number of benzene rings is 2. The van der Waals surface area contributed by atoms with Crippen LogP contribution < -0.4 is 25.0 Å². The molecule has 40 heavy (non-hydrogen) atoms. The third-order valence-electron chi connectivity index (χ3n) is 7.48. The number of carbonyl (C=O) groups is 2. The number of urea groups is 1. The zero-order chi connectivity index (χ0) is 29.4. The molecular formula is C31H44N4O5. The van der Waals surface area contributed by atoms with Gasteiger partial charge in [0.2, 0.25) is 0 Å². The summed E-state index contributed by atoms with van der Waals surface area (Å²) in [6.45, 7) is 6.69. The Bertz CT molecular complexity index is 1190. The van der Waals surface area contributed by atoms with Crippen molar-refractivity contribution in [2.45, 2.75) is 64.5 Å². The van der Waals surface area contributed by atoms with Crippen LogP contribution in [0.15, 0.2) is 36.4 Å². The van der Waals surface area contributed by atoms with Gasteiger partial charge >= 0.3 is 6.03 Å². The Morgan fingerprint density at radius 3 is 2.33 bits per heavy atom. The summed E-state index contributed by atoms with van der Waals surface area (Å²) >= 11 is 0. The molecule has 2 aromatic carbocycles. The Hall–Kier alpha value is -3.59. The molecule has 1 heterocycles. The number of ether oxygens (including phenoxy) is 2. The lowest BCUT2D eigenvalue weighted by molar-refractivity contribution is -0.138. The summed E-state index contributed by atoms with van der Waals surface area (Å²) in [6.07, 6.45) is 3.95. The minimum Gasteiger partial charge on any atom is -0.493 e. The van der Waals surface area contributed by atoms with Crippen LogP contribution in [0.1, 0.15) is 63.1 Å². The summed E-state index contributed by atoms with van der Waals surface area (Å²) in [5.41, 5.74) is 2.40. The van der Waals surface area contributed by atoms with Gasteiger partial charge in [-0.15, -0.1) is 0 Å². The zero-order valence-corrected chi connectivity index (χ0v) is 24.6. The van der Waals surface area contributed by atoms with Crippen LogP contribution in [0.25, 0.3) is 0 Å². The highest BCUT2D eigenvalue weighted by Crippen LogP contribution is 2.33. The third kappa shape index (κ3) is 7.75. The summed E-state index contributed by atoms with van der Waals surface area (Å²) in [7, 11) is 4.72. The van der Waals surface area contributed by atoms with Gasteiger partial charge in [0.1, 0.15) is 5.60 Å². The van der Waals surface area contributed by atoms with Crippen LogP contribution in [-0.4, -0.2) is 68.6 Å². The second-order valence-corrected chi connectivity index (χ2v) is 11.0. The predicted molar refractivity (Wildman–Crippen MR) is 158 cm³/mol. The number of hydrogen-bond acceptors (Lipinski definition) is 7. The Morgan fingerprint density at radius 2 is 1.73 bits per heavy atom. The van der Waals surface area contributed by atoms with E-state index in [0.717, 1.165) is 49.2 Å². The number of aliphatic hydroxyl groups is 1. The molecule has 2 aromatic rings. The average Bonchev–Trinajstić information content (AvgIpc) is 2.91. The summed E-state index contributed by atoms with van der Waals surface area (Å²) in [5, 5.41) is 24.8. The van der Waals surface area contributed by atoms with Gasteiger partial charge in [0.05, 0.1) is 19.9 Å². The van der Waals surface area contributed by atoms with E-state index < -0.39 is 5.60 Å². The predicted octanol–water partition coefficient (Wildman–Crippen LogP) is 4.32. The smallest absolute Gasteiger partial charge is 0.314 e. The summed E-state index contributed by atoms with van der Waals surface area (Å²) in [6, 6.07) is 11.2. The fraction of sp³-hybridized carbons (Fsp3) is 0.516. The van der Waals surface area contributed by atoms with Crippen molar-refractivity contribution in [1.82, 2.24) is 10.6 Å². The fourth-order valence-corrected chi connectivity index (χ4v) is 5.28. The van der Waals surface area contributed by atoms with E-state index in [-0.39, 0.29) is 23.8 Å². The van der Waals surface area contributed by atoms with Gasteiger partial charge in [-0.2, -0.15) is 0 Å². The molecule has 4 N–H and O–H groups in total. The van der Waals surface area contributed by atoms with Gasteiger partial charge in [-0.25, -0.2) is 4.79 Å². The molecule has 1 fully saturated rings. The number of hydrogen-bond donors (Lipinski definition) is 4. The molecular weight excluding hydrogens is 508 g/mol. The number of amides is 2. The van der Waals surface area contributed by atoms with Gasteiger partial charge in [0.25, 0.3) is 0 Å². The monoisotopic (exact) mass is 552 g/mol. The van der Waals surface area contributed by atoms with Gasteiger partial charge in [-0.3, -0.25) is 10.2 Å². The van der Waals surface area contributed by atoms with Crippen LogP contribution in [0.2, 0.25) is 0 Å².